The van der Waals surface area contributed by atoms with Crippen molar-refractivity contribution in [2.24, 2.45) is 0 Å². The van der Waals surface area contributed by atoms with Crippen LogP contribution in [0.15, 0.2) is 16.0 Å². The summed E-state index contributed by atoms with van der Waals surface area (Å²) in [6, 6.07) is 1.57. The van der Waals surface area contributed by atoms with Crippen LogP contribution in [0.5, 0.6) is 0 Å². The molecule has 0 bridgehead atoms. The molecule has 0 spiro atoms. The Morgan fingerprint density at radius 1 is 1.47 bits per heavy atom. The van der Waals surface area contributed by atoms with Gasteiger partial charge in [0.1, 0.15) is 6.54 Å². The number of hydrogen-bond acceptors (Lipinski definition) is 3. The van der Waals surface area contributed by atoms with E-state index in [0.717, 1.165) is 4.68 Å². The van der Waals surface area contributed by atoms with E-state index in [9.17, 15) is 13.2 Å². The standard InChI is InChI=1S/C8H4BrClF3N3S/c9-7-4(10)1-6(17-7)5-2-14-15-16(5)3-8(11,12)13/h1-2H,3H2. The van der Waals surface area contributed by atoms with Crippen molar-refractivity contribution in [3.63, 3.8) is 0 Å². The quantitative estimate of drug-likeness (QED) is 0.823. The van der Waals surface area contributed by atoms with Gasteiger partial charge < -0.3 is 0 Å². The molecule has 17 heavy (non-hydrogen) atoms. The molecule has 2 rings (SSSR count). The van der Waals surface area contributed by atoms with Crippen molar-refractivity contribution < 1.29 is 13.2 Å². The van der Waals surface area contributed by atoms with E-state index in [1.807, 2.05) is 0 Å². The van der Waals surface area contributed by atoms with Crippen LogP contribution >= 0.6 is 38.9 Å². The van der Waals surface area contributed by atoms with Crippen molar-refractivity contribution >= 4 is 38.9 Å². The summed E-state index contributed by atoms with van der Waals surface area (Å²) < 4.78 is 38.3. The summed E-state index contributed by atoms with van der Waals surface area (Å²) in [5.74, 6) is 0. The van der Waals surface area contributed by atoms with Gasteiger partial charge in [-0.2, -0.15) is 13.2 Å². The van der Waals surface area contributed by atoms with Crippen LogP contribution in [0.3, 0.4) is 0 Å². The van der Waals surface area contributed by atoms with Crippen LogP contribution in [0.1, 0.15) is 0 Å². The normalized spacial score (nSPS) is 12.1. The second kappa shape index (κ2) is 4.58. The van der Waals surface area contributed by atoms with Gasteiger partial charge in [-0.15, -0.1) is 16.4 Å². The molecule has 0 fully saturated rings. The average Bonchev–Trinajstić information content (AvgIpc) is 2.72. The first-order valence-corrected chi connectivity index (χ1v) is 6.26. The van der Waals surface area contributed by atoms with Crippen LogP contribution in [0, 0.1) is 0 Å². The van der Waals surface area contributed by atoms with E-state index in [-0.39, 0.29) is 0 Å². The lowest BCUT2D eigenvalue weighted by molar-refractivity contribution is -0.142. The first-order chi connectivity index (χ1) is 7.87. The Hall–Kier alpha value is -0.600. The van der Waals surface area contributed by atoms with Crippen LogP contribution in [0.25, 0.3) is 10.6 Å². The molecule has 2 heterocycles. The third-order valence-corrected chi connectivity index (χ3v) is 4.34. The molecule has 0 atom stereocenters. The minimum atomic E-state index is -4.33. The summed E-state index contributed by atoms with van der Waals surface area (Å²) in [6.45, 7) is -1.17. The van der Waals surface area contributed by atoms with Crippen molar-refractivity contribution in [3.05, 3.63) is 21.1 Å². The molecule has 0 unspecified atom stereocenters. The van der Waals surface area contributed by atoms with Gasteiger partial charge in [0.15, 0.2) is 0 Å². The van der Waals surface area contributed by atoms with Crippen molar-refractivity contribution in [1.82, 2.24) is 15.0 Å². The van der Waals surface area contributed by atoms with E-state index < -0.39 is 12.7 Å². The maximum atomic E-state index is 12.3. The van der Waals surface area contributed by atoms with E-state index in [1.54, 1.807) is 6.07 Å². The zero-order valence-corrected chi connectivity index (χ0v) is 11.2. The zero-order chi connectivity index (χ0) is 12.6. The van der Waals surface area contributed by atoms with Crippen LogP contribution in [0.4, 0.5) is 13.2 Å². The fourth-order valence-electron chi connectivity index (χ4n) is 1.21. The van der Waals surface area contributed by atoms with Gasteiger partial charge in [-0.05, 0) is 22.0 Å². The smallest absolute Gasteiger partial charge is 0.235 e. The van der Waals surface area contributed by atoms with Gasteiger partial charge in [0, 0.05) is 0 Å². The highest BCUT2D eigenvalue weighted by Gasteiger charge is 2.30. The Morgan fingerprint density at radius 2 is 2.18 bits per heavy atom. The van der Waals surface area contributed by atoms with Crippen LogP contribution in [-0.4, -0.2) is 21.2 Å². The summed E-state index contributed by atoms with van der Waals surface area (Å²) >= 11 is 10.3. The molecule has 0 aromatic carbocycles. The lowest BCUT2D eigenvalue weighted by Gasteiger charge is -2.07. The largest absolute Gasteiger partial charge is 0.408 e. The maximum Gasteiger partial charge on any atom is 0.408 e. The summed E-state index contributed by atoms with van der Waals surface area (Å²) in [6.07, 6.45) is -3.05. The summed E-state index contributed by atoms with van der Waals surface area (Å²) in [7, 11) is 0. The van der Waals surface area contributed by atoms with E-state index >= 15 is 0 Å². The molecule has 0 aliphatic rings. The third kappa shape index (κ3) is 2.99. The van der Waals surface area contributed by atoms with Crippen molar-refractivity contribution in [2.75, 3.05) is 0 Å². The molecule has 0 amide bonds. The number of alkyl halides is 3. The van der Waals surface area contributed by atoms with Gasteiger partial charge in [-0.3, -0.25) is 0 Å². The molecule has 0 saturated carbocycles. The van der Waals surface area contributed by atoms with Crippen molar-refractivity contribution in [3.8, 4) is 10.6 Å². The zero-order valence-electron chi connectivity index (χ0n) is 8.00. The van der Waals surface area contributed by atoms with E-state index in [1.165, 1.54) is 17.5 Å². The molecule has 2 aromatic heterocycles. The first-order valence-electron chi connectivity index (χ1n) is 4.27. The average molecular weight is 347 g/mol. The number of thiophene rings is 1. The molecule has 0 saturated heterocycles. The van der Waals surface area contributed by atoms with E-state index in [0.29, 0.717) is 19.4 Å². The lowest BCUT2D eigenvalue weighted by atomic mass is 10.3. The molecule has 2 aromatic rings. The molecule has 0 N–H and O–H groups in total. The van der Waals surface area contributed by atoms with Gasteiger partial charge >= 0.3 is 6.18 Å². The molecule has 0 aliphatic carbocycles. The molecule has 92 valence electrons. The Balaban J connectivity index is 2.37. The highest BCUT2D eigenvalue weighted by molar-refractivity contribution is 9.11. The van der Waals surface area contributed by atoms with Gasteiger partial charge in [-0.25, -0.2) is 4.68 Å². The number of nitrogens with zero attached hydrogens (tertiary/aromatic N) is 3. The molecule has 9 heteroatoms. The number of rotatable bonds is 2. The van der Waals surface area contributed by atoms with Crippen molar-refractivity contribution in [1.29, 1.82) is 0 Å². The van der Waals surface area contributed by atoms with E-state index in [4.69, 9.17) is 11.6 Å². The fourth-order valence-corrected chi connectivity index (χ4v) is 2.92. The van der Waals surface area contributed by atoms with Crippen LogP contribution in [-0.2, 0) is 6.54 Å². The van der Waals surface area contributed by atoms with Gasteiger partial charge in [0.05, 0.1) is 25.6 Å². The number of halogens is 5. The molecule has 0 radical (unpaired) electrons. The molecule has 3 nitrogen and oxygen atoms in total. The topological polar surface area (TPSA) is 30.7 Å². The third-order valence-electron chi connectivity index (χ3n) is 1.84. The minimum Gasteiger partial charge on any atom is -0.235 e. The Bertz CT molecular complexity index is 517. The van der Waals surface area contributed by atoms with Gasteiger partial charge in [0.25, 0.3) is 0 Å². The highest BCUT2D eigenvalue weighted by Crippen LogP contribution is 2.38. The SMILES string of the molecule is FC(F)(F)Cn1nncc1-c1cc(Cl)c(Br)s1. The fraction of sp³-hybridized carbons (Fsp3) is 0.250. The second-order valence-corrected chi connectivity index (χ2v) is 5.90. The predicted octanol–water partition coefficient (Wildman–Crippen LogP) is 3.98. The number of aromatic nitrogens is 3. The summed E-state index contributed by atoms with van der Waals surface area (Å²) in [4.78, 5) is 0.580. The number of hydrogen-bond donors (Lipinski definition) is 0. The minimum absolute atomic E-state index is 0.292. The molecule has 0 aliphatic heterocycles. The molecular weight excluding hydrogens is 343 g/mol. The van der Waals surface area contributed by atoms with Gasteiger partial charge in [0.2, 0.25) is 0 Å². The Kier molecular flexibility index (Phi) is 3.46. The van der Waals surface area contributed by atoms with Crippen LogP contribution in [0.2, 0.25) is 5.02 Å². The Labute approximate surface area is 111 Å². The first kappa shape index (κ1) is 12.8. The lowest BCUT2D eigenvalue weighted by Crippen LogP contribution is -2.19. The van der Waals surface area contributed by atoms with Crippen LogP contribution < -0.4 is 0 Å². The summed E-state index contributed by atoms with van der Waals surface area (Å²) in [5, 5.41) is 7.34. The monoisotopic (exact) mass is 345 g/mol. The van der Waals surface area contributed by atoms with Crippen molar-refractivity contribution in [2.45, 2.75) is 12.7 Å². The highest BCUT2D eigenvalue weighted by atomic mass is 79.9. The van der Waals surface area contributed by atoms with E-state index in [2.05, 4.69) is 26.2 Å². The summed E-state index contributed by atoms with van der Waals surface area (Å²) in [5.41, 5.74) is 0.292. The molecular formula is C8H4BrClF3N3S. The second-order valence-electron chi connectivity index (χ2n) is 3.12. The predicted molar refractivity (Wildman–Crippen MR) is 62.1 cm³/mol. The van der Waals surface area contributed by atoms with Gasteiger partial charge in [-0.1, -0.05) is 16.8 Å². The maximum absolute atomic E-state index is 12.3. The Morgan fingerprint density at radius 3 is 2.71 bits per heavy atom.